The van der Waals surface area contributed by atoms with Gasteiger partial charge < -0.3 is 15.1 Å². The molecule has 0 unspecified atom stereocenters. The maximum absolute atomic E-state index is 12.1. The minimum Gasteiger partial charge on any atom is -0.354 e. The van der Waals surface area contributed by atoms with Crippen molar-refractivity contribution in [2.24, 2.45) is 5.92 Å². The third-order valence-corrected chi connectivity index (χ3v) is 5.19. The van der Waals surface area contributed by atoms with Gasteiger partial charge in [-0.25, -0.2) is 0 Å². The highest BCUT2D eigenvalue weighted by Gasteiger charge is 2.22. The average molecular weight is 337 g/mol. The van der Waals surface area contributed by atoms with E-state index in [1.54, 1.807) is 13.1 Å². The Balaban J connectivity index is 1.73. The highest BCUT2D eigenvalue weighted by molar-refractivity contribution is 7.12. The zero-order chi connectivity index (χ0) is 16.8. The molecule has 0 aliphatic carbocycles. The summed E-state index contributed by atoms with van der Waals surface area (Å²) in [6.07, 6.45) is 2.35. The lowest BCUT2D eigenvalue weighted by Gasteiger charge is -2.35. The largest absolute Gasteiger partial charge is 0.354 e. The molecule has 2 rings (SSSR count). The minimum absolute atomic E-state index is 0.0842. The lowest BCUT2D eigenvalue weighted by atomic mass is 9.97. The van der Waals surface area contributed by atoms with Gasteiger partial charge in [-0.15, -0.1) is 11.3 Å². The molecule has 23 heavy (non-hydrogen) atoms. The van der Waals surface area contributed by atoms with E-state index in [2.05, 4.69) is 24.1 Å². The van der Waals surface area contributed by atoms with Crippen LogP contribution < -0.4 is 5.32 Å². The summed E-state index contributed by atoms with van der Waals surface area (Å²) in [6.45, 7) is 7.43. The number of carbonyl (C=O) groups excluding carboxylic acids is 2. The van der Waals surface area contributed by atoms with E-state index in [0.29, 0.717) is 23.4 Å². The predicted molar refractivity (Wildman–Crippen MR) is 93.7 cm³/mol. The van der Waals surface area contributed by atoms with Crippen LogP contribution in [0.5, 0.6) is 0 Å². The van der Waals surface area contributed by atoms with E-state index in [4.69, 9.17) is 0 Å². The lowest BCUT2D eigenvalue weighted by molar-refractivity contribution is -0.121. The van der Waals surface area contributed by atoms with Crippen molar-refractivity contribution in [3.8, 4) is 0 Å². The second kappa shape index (κ2) is 8.45. The minimum atomic E-state index is -0.0983. The summed E-state index contributed by atoms with van der Waals surface area (Å²) in [5.74, 6) is 0.325. The van der Waals surface area contributed by atoms with Crippen LogP contribution in [-0.2, 0) is 4.79 Å². The summed E-state index contributed by atoms with van der Waals surface area (Å²) in [5, 5.41) is 4.85. The first-order valence-corrected chi connectivity index (χ1v) is 9.15. The maximum atomic E-state index is 12.1. The molecule has 0 aromatic carbocycles. The van der Waals surface area contributed by atoms with Crippen molar-refractivity contribution in [2.45, 2.75) is 32.7 Å². The molecular formula is C17H27N3O2S. The van der Waals surface area contributed by atoms with Crippen LogP contribution in [0.3, 0.4) is 0 Å². The second-order valence-electron chi connectivity index (χ2n) is 6.54. The van der Waals surface area contributed by atoms with Crippen LogP contribution in [0, 0.1) is 5.92 Å². The van der Waals surface area contributed by atoms with E-state index < -0.39 is 0 Å². The van der Waals surface area contributed by atoms with E-state index in [1.165, 1.54) is 22.7 Å². The molecule has 1 aromatic rings. The van der Waals surface area contributed by atoms with Gasteiger partial charge >= 0.3 is 0 Å². The second-order valence-corrected chi connectivity index (χ2v) is 7.49. The molecule has 1 fully saturated rings. The first-order chi connectivity index (χ1) is 11.0. The van der Waals surface area contributed by atoms with Crippen LogP contribution in [0.15, 0.2) is 17.5 Å². The number of nitrogens with zero attached hydrogens (tertiary/aromatic N) is 2. The van der Waals surface area contributed by atoms with Crippen LogP contribution in [-0.4, -0.2) is 60.9 Å². The van der Waals surface area contributed by atoms with E-state index in [-0.39, 0.29) is 18.4 Å². The Morgan fingerprint density at radius 3 is 2.91 bits per heavy atom. The fourth-order valence-electron chi connectivity index (χ4n) is 2.92. The van der Waals surface area contributed by atoms with Gasteiger partial charge in [0.1, 0.15) is 0 Å². The summed E-state index contributed by atoms with van der Waals surface area (Å²) in [4.78, 5) is 28.8. The van der Waals surface area contributed by atoms with E-state index in [1.807, 2.05) is 11.4 Å². The summed E-state index contributed by atoms with van der Waals surface area (Å²) in [7, 11) is 1.67. The average Bonchev–Trinajstić information content (AvgIpc) is 3.06. The Bertz CT molecular complexity index is 516. The monoisotopic (exact) mass is 337 g/mol. The Kier molecular flexibility index (Phi) is 6.59. The molecule has 1 aliphatic rings. The Labute approximate surface area is 142 Å². The van der Waals surface area contributed by atoms with Crippen molar-refractivity contribution < 1.29 is 9.59 Å². The normalized spacial score (nSPS) is 18.9. The van der Waals surface area contributed by atoms with E-state index in [0.717, 1.165) is 19.5 Å². The third kappa shape index (κ3) is 5.32. The number of amides is 2. The van der Waals surface area contributed by atoms with Gasteiger partial charge in [-0.05, 0) is 50.6 Å². The number of nitrogens with one attached hydrogen (secondary N) is 1. The zero-order valence-corrected chi connectivity index (χ0v) is 15.1. The topological polar surface area (TPSA) is 52.7 Å². The van der Waals surface area contributed by atoms with Crippen LogP contribution in [0.4, 0.5) is 0 Å². The molecule has 0 radical (unpaired) electrons. The molecule has 1 aliphatic heterocycles. The fraction of sp³-hybridized carbons (Fsp3) is 0.647. The molecule has 1 aromatic heterocycles. The summed E-state index contributed by atoms with van der Waals surface area (Å²) in [6, 6.07) is 4.18. The van der Waals surface area contributed by atoms with Crippen molar-refractivity contribution in [1.29, 1.82) is 0 Å². The first kappa shape index (κ1) is 17.9. The SMILES string of the molecule is CC(C)N1CCC[C@@H](CNC(=O)CN(C)C(=O)c2cccs2)C1. The number of hydrogen-bond donors (Lipinski definition) is 1. The highest BCUT2D eigenvalue weighted by Crippen LogP contribution is 2.17. The molecule has 128 valence electrons. The van der Waals surface area contributed by atoms with Crippen LogP contribution in [0.1, 0.15) is 36.4 Å². The number of likely N-dealkylation sites (N-methyl/N-ethyl adjacent to an activating group) is 1. The number of carbonyl (C=O) groups is 2. The molecular weight excluding hydrogens is 310 g/mol. The molecule has 1 atom stereocenters. The van der Waals surface area contributed by atoms with Crippen molar-refractivity contribution in [1.82, 2.24) is 15.1 Å². The Hall–Kier alpha value is -1.40. The van der Waals surface area contributed by atoms with Crippen LogP contribution >= 0.6 is 11.3 Å². The number of hydrogen-bond acceptors (Lipinski definition) is 4. The quantitative estimate of drug-likeness (QED) is 0.864. The molecule has 0 saturated carbocycles. The van der Waals surface area contributed by atoms with Gasteiger partial charge in [0, 0.05) is 26.2 Å². The van der Waals surface area contributed by atoms with Gasteiger partial charge in [0.05, 0.1) is 11.4 Å². The maximum Gasteiger partial charge on any atom is 0.264 e. The third-order valence-electron chi connectivity index (χ3n) is 4.33. The van der Waals surface area contributed by atoms with Gasteiger partial charge in [-0.3, -0.25) is 9.59 Å². The number of likely N-dealkylation sites (tertiary alicyclic amines) is 1. The number of rotatable bonds is 6. The number of thiophene rings is 1. The smallest absolute Gasteiger partial charge is 0.264 e. The van der Waals surface area contributed by atoms with Gasteiger partial charge in [0.25, 0.3) is 5.91 Å². The first-order valence-electron chi connectivity index (χ1n) is 8.27. The molecule has 0 spiro atoms. The van der Waals surface area contributed by atoms with Gasteiger partial charge in [0.2, 0.25) is 5.91 Å². The molecule has 0 bridgehead atoms. The molecule has 6 heteroatoms. The van der Waals surface area contributed by atoms with Gasteiger partial charge in [0.15, 0.2) is 0 Å². The van der Waals surface area contributed by atoms with Crippen molar-refractivity contribution >= 4 is 23.2 Å². The molecule has 2 amide bonds. The standard InChI is InChI=1S/C17H27N3O2S/c1-13(2)20-8-4-6-14(11-20)10-18-16(21)12-19(3)17(22)15-7-5-9-23-15/h5,7,9,13-14H,4,6,8,10-12H2,1-3H3,(H,18,21)/t14-/m0/s1. The molecule has 5 nitrogen and oxygen atoms in total. The summed E-state index contributed by atoms with van der Waals surface area (Å²) in [5.41, 5.74) is 0. The van der Waals surface area contributed by atoms with Gasteiger partial charge in [-0.1, -0.05) is 6.07 Å². The Morgan fingerprint density at radius 2 is 2.26 bits per heavy atom. The van der Waals surface area contributed by atoms with Crippen LogP contribution in [0.2, 0.25) is 0 Å². The summed E-state index contributed by atoms with van der Waals surface area (Å²) >= 11 is 1.40. The van der Waals surface area contributed by atoms with Crippen molar-refractivity contribution in [3.63, 3.8) is 0 Å². The van der Waals surface area contributed by atoms with E-state index >= 15 is 0 Å². The summed E-state index contributed by atoms with van der Waals surface area (Å²) < 4.78 is 0. The highest BCUT2D eigenvalue weighted by atomic mass is 32.1. The van der Waals surface area contributed by atoms with Gasteiger partial charge in [-0.2, -0.15) is 0 Å². The van der Waals surface area contributed by atoms with Crippen molar-refractivity contribution in [3.05, 3.63) is 22.4 Å². The number of piperidine rings is 1. The lowest BCUT2D eigenvalue weighted by Crippen LogP contribution is -2.45. The zero-order valence-electron chi connectivity index (χ0n) is 14.2. The fourth-order valence-corrected chi connectivity index (χ4v) is 3.64. The van der Waals surface area contributed by atoms with Crippen LogP contribution in [0.25, 0.3) is 0 Å². The molecule has 2 heterocycles. The van der Waals surface area contributed by atoms with E-state index in [9.17, 15) is 9.59 Å². The van der Waals surface area contributed by atoms with Crippen molar-refractivity contribution in [2.75, 3.05) is 33.2 Å². The predicted octanol–water partition coefficient (Wildman–Crippen LogP) is 2.06. The Morgan fingerprint density at radius 1 is 1.48 bits per heavy atom. The molecule has 1 saturated heterocycles. The molecule has 1 N–H and O–H groups in total.